The highest BCUT2D eigenvalue weighted by molar-refractivity contribution is 6.30. The Kier molecular flexibility index (Phi) is 5.47. The topological polar surface area (TPSA) is 88.8 Å². The van der Waals surface area contributed by atoms with Gasteiger partial charge in [0.15, 0.2) is 0 Å². The minimum absolute atomic E-state index is 0.0373. The van der Waals surface area contributed by atoms with Crippen molar-refractivity contribution < 1.29 is 9.18 Å². The van der Waals surface area contributed by atoms with Gasteiger partial charge in [0.1, 0.15) is 17.5 Å². The predicted molar refractivity (Wildman–Crippen MR) is 123 cm³/mol. The zero-order chi connectivity index (χ0) is 22.9. The Bertz CT molecular complexity index is 1360. The second-order valence-corrected chi connectivity index (χ2v) is 8.07. The molecule has 0 bridgehead atoms. The van der Waals surface area contributed by atoms with Crippen molar-refractivity contribution in [3.8, 4) is 11.3 Å². The maximum atomic E-state index is 13.7. The first-order valence-electron chi connectivity index (χ1n) is 10.3. The van der Waals surface area contributed by atoms with Crippen molar-refractivity contribution in [2.45, 2.75) is 12.8 Å². The van der Waals surface area contributed by atoms with E-state index in [1.807, 2.05) is 25.2 Å². The van der Waals surface area contributed by atoms with Crippen molar-refractivity contribution in [2.75, 3.05) is 16.8 Å². The van der Waals surface area contributed by atoms with Crippen LogP contribution in [0.15, 0.2) is 55.0 Å². The molecule has 1 aliphatic heterocycles. The third-order valence-electron chi connectivity index (χ3n) is 5.46. The van der Waals surface area contributed by atoms with Crippen LogP contribution >= 0.6 is 11.6 Å². The van der Waals surface area contributed by atoms with E-state index in [0.717, 1.165) is 16.9 Å². The molecule has 1 aliphatic rings. The molecule has 166 valence electrons. The monoisotopic (exact) mass is 463 g/mol. The fourth-order valence-corrected chi connectivity index (χ4v) is 3.88. The number of hydrogen-bond donors (Lipinski definition) is 1. The summed E-state index contributed by atoms with van der Waals surface area (Å²) in [5.41, 5.74) is 3.08. The van der Waals surface area contributed by atoms with Gasteiger partial charge in [-0.3, -0.25) is 14.4 Å². The fraction of sp³-hybridized carbons (Fsp3) is 0.174. The van der Waals surface area contributed by atoms with Gasteiger partial charge in [-0.1, -0.05) is 17.7 Å². The molecule has 0 saturated carbocycles. The number of halogens is 2. The molecule has 1 amide bonds. The summed E-state index contributed by atoms with van der Waals surface area (Å²) >= 11 is 5.73. The third-order valence-corrected chi connectivity index (χ3v) is 5.76. The summed E-state index contributed by atoms with van der Waals surface area (Å²) in [5, 5.41) is 7.29. The number of rotatable bonds is 5. The molecule has 3 aromatic heterocycles. The van der Waals surface area contributed by atoms with Gasteiger partial charge < -0.3 is 5.32 Å². The fourth-order valence-electron chi connectivity index (χ4n) is 3.76. The van der Waals surface area contributed by atoms with Crippen molar-refractivity contribution in [1.29, 1.82) is 0 Å². The van der Waals surface area contributed by atoms with E-state index in [4.69, 9.17) is 11.6 Å². The van der Waals surface area contributed by atoms with E-state index in [-0.39, 0.29) is 17.4 Å². The van der Waals surface area contributed by atoms with E-state index in [0.29, 0.717) is 36.0 Å². The predicted octanol–water partition coefficient (Wildman–Crippen LogP) is 3.94. The van der Waals surface area contributed by atoms with Crippen LogP contribution in [0.5, 0.6) is 0 Å². The number of hydrogen-bond acceptors (Lipinski definition) is 6. The summed E-state index contributed by atoms with van der Waals surface area (Å²) in [6.07, 6.45) is 5.82. The van der Waals surface area contributed by atoms with Crippen LogP contribution in [-0.4, -0.2) is 37.2 Å². The quantitative estimate of drug-likeness (QED) is 0.482. The average molecular weight is 464 g/mol. The number of pyridine rings is 1. The van der Waals surface area contributed by atoms with Gasteiger partial charge in [0.05, 0.1) is 23.3 Å². The van der Waals surface area contributed by atoms with E-state index in [9.17, 15) is 9.18 Å². The minimum atomic E-state index is -0.534. The maximum Gasteiger partial charge on any atom is 0.232 e. The number of aromatic nitrogens is 5. The molecule has 4 heterocycles. The molecule has 5 rings (SSSR count). The lowest BCUT2D eigenvalue weighted by Crippen LogP contribution is -2.31. The number of nitrogens with one attached hydrogen (secondary N) is 1. The normalized spacial score (nSPS) is 12.6. The third kappa shape index (κ3) is 4.27. The molecule has 4 aromatic rings. The zero-order valence-corrected chi connectivity index (χ0v) is 18.4. The van der Waals surface area contributed by atoms with Gasteiger partial charge in [-0.15, -0.1) is 0 Å². The number of anilines is 3. The van der Waals surface area contributed by atoms with Crippen LogP contribution in [-0.2, 0) is 24.7 Å². The lowest BCUT2D eigenvalue weighted by atomic mass is 10.1. The van der Waals surface area contributed by atoms with Crippen LogP contribution in [0.1, 0.15) is 11.1 Å². The summed E-state index contributed by atoms with van der Waals surface area (Å²) in [5.74, 6) is 1.17. The molecule has 33 heavy (non-hydrogen) atoms. The van der Waals surface area contributed by atoms with Crippen LogP contribution in [0.3, 0.4) is 0 Å². The molecule has 0 atom stereocenters. The molecule has 0 spiro atoms. The molecule has 1 N–H and O–H groups in total. The molecule has 0 fully saturated rings. The Labute approximate surface area is 194 Å². The Morgan fingerprint density at radius 2 is 2.06 bits per heavy atom. The van der Waals surface area contributed by atoms with Gasteiger partial charge in [0, 0.05) is 37.6 Å². The first-order chi connectivity index (χ1) is 16.0. The highest BCUT2D eigenvalue weighted by atomic mass is 35.5. The van der Waals surface area contributed by atoms with E-state index in [1.165, 1.54) is 12.1 Å². The average Bonchev–Trinajstić information content (AvgIpc) is 3.42. The first-order valence-corrected chi connectivity index (χ1v) is 10.7. The van der Waals surface area contributed by atoms with Crippen LogP contribution in [0.2, 0.25) is 5.02 Å². The largest absolute Gasteiger partial charge is 0.309 e. The molecule has 0 unspecified atom stereocenters. The first kappa shape index (κ1) is 21.0. The molecule has 8 nitrogen and oxygen atoms in total. The Hall–Kier alpha value is -3.85. The summed E-state index contributed by atoms with van der Waals surface area (Å²) < 4.78 is 15.4. The summed E-state index contributed by atoms with van der Waals surface area (Å²) in [4.78, 5) is 27.9. The van der Waals surface area contributed by atoms with Crippen LogP contribution in [0, 0.1) is 5.82 Å². The number of benzene rings is 1. The van der Waals surface area contributed by atoms with Gasteiger partial charge in [-0.2, -0.15) is 5.10 Å². The van der Waals surface area contributed by atoms with Crippen LogP contribution in [0.4, 0.5) is 22.0 Å². The summed E-state index contributed by atoms with van der Waals surface area (Å²) in [7, 11) is 1.83. The van der Waals surface area contributed by atoms with E-state index >= 15 is 0 Å². The second kappa shape index (κ2) is 8.59. The SMILES string of the molecule is Cn1nccc1Nc1nccc(-c2cnc3c(c2)CCN3C(=O)Cc2ccc(Cl)c(F)c2)n1. The standard InChI is InChI=1S/C23H19ClFN7O/c1-31-20(5-8-28-31)30-23-26-7-4-19(29-23)16-12-15-6-9-32(22(15)27-13-16)21(33)11-14-2-3-17(24)18(25)10-14/h2-5,7-8,10,12-13H,6,9,11H2,1H3,(H,26,29,30). The van der Waals surface area contributed by atoms with Crippen LogP contribution < -0.4 is 10.2 Å². The van der Waals surface area contributed by atoms with Gasteiger partial charge in [-0.05, 0) is 41.8 Å². The molecular formula is C23H19ClFN7O. The maximum absolute atomic E-state index is 13.7. The van der Waals surface area contributed by atoms with Crippen molar-refractivity contribution in [3.05, 3.63) is 77.0 Å². The van der Waals surface area contributed by atoms with Crippen LogP contribution in [0.25, 0.3) is 11.3 Å². The molecular weight excluding hydrogens is 445 g/mol. The Balaban J connectivity index is 1.34. The van der Waals surface area contributed by atoms with E-state index in [1.54, 1.807) is 34.2 Å². The molecule has 10 heteroatoms. The molecule has 1 aromatic carbocycles. The number of carbonyl (C=O) groups is 1. The van der Waals surface area contributed by atoms with E-state index < -0.39 is 5.82 Å². The second-order valence-electron chi connectivity index (χ2n) is 7.66. The van der Waals surface area contributed by atoms with Gasteiger partial charge in [0.25, 0.3) is 0 Å². The number of aryl methyl sites for hydroxylation is 1. The van der Waals surface area contributed by atoms with Gasteiger partial charge >= 0.3 is 0 Å². The zero-order valence-electron chi connectivity index (χ0n) is 17.7. The molecule has 0 aliphatic carbocycles. The van der Waals surface area contributed by atoms with E-state index in [2.05, 4.69) is 25.4 Å². The summed E-state index contributed by atoms with van der Waals surface area (Å²) in [6, 6.07) is 10.0. The van der Waals surface area contributed by atoms with Crippen molar-refractivity contribution in [3.63, 3.8) is 0 Å². The van der Waals surface area contributed by atoms with Crippen molar-refractivity contribution in [1.82, 2.24) is 24.7 Å². The molecule has 0 saturated heterocycles. The lowest BCUT2D eigenvalue weighted by Gasteiger charge is -2.16. The number of fused-ring (bicyclic) bond motifs is 1. The Morgan fingerprint density at radius 3 is 2.85 bits per heavy atom. The van der Waals surface area contributed by atoms with Gasteiger partial charge in [0.2, 0.25) is 11.9 Å². The number of carbonyl (C=O) groups excluding carboxylic acids is 1. The van der Waals surface area contributed by atoms with Crippen molar-refractivity contribution in [2.24, 2.45) is 7.05 Å². The number of nitrogens with zero attached hydrogens (tertiary/aromatic N) is 6. The Morgan fingerprint density at radius 1 is 1.18 bits per heavy atom. The molecule has 0 radical (unpaired) electrons. The lowest BCUT2D eigenvalue weighted by molar-refractivity contribution is -0.117. The highest BCUT2D eigenvalue weighted by Crippen LogP contribution is 2.30. The van der Waals surface area contributed by atoms with Crippen molar-refractivity contribution >= 4 is 35.1 Å². The highest BCUT2D eigenvalue weighted by Gasteiger charge is 2.26. The minimum Gasteiger partial charge on any atom is -0.309 e. The smallest absolute Gasteiger partial charge is 0.232 e. The number of amides is 1. The summed E-state index contributed by atoms with van der Waals surface area (Å²) in [6.45, 7) is 0.526. The van der Waals surface area contributed by atoms with Gasteiger partial charge in [-0.25, -0.2) is 19.3 Å².